The van der Waals surface area contributed by atoms with Crippen LogP contribution in [0, 0.1) is 0 Å². The Bertz CT molecular complexity index is 414. The maximum atomic E-state index is 12.0. The van der Waals surface area contributed by atoms with Gasteiger partial charge in [-0.15, -0.1) is 0 Å². The molecule has 6 heteroatoms. The lowest BCUT2D eigenvalue weighted by molar-refractivity contribution is 0.0682. The summed E-state index contributed by atoms with van der Waals surface area (Å²) in [5, 5.41) is 9.47. The van der Waals surface area contributed by atoms with Crippen LogP contribution < -0.4 is 5.73 Å². The van der Waals surface area contributed by atoms with Crippen LogP contribution in [0.5, 0.6) is 0 Å². The van der Waals surface area contributed by atoms with E-state index in [1.165, 1.54) is 17.0 Å². The van der Waals surface area contributed by atoms with E-state index in [0.717, 1.165) is 0 Å². The number of rotatable bonds is 3. The third kappa shape index (κ3) is 3.03. The van der Waals surface area contributed by atoms with Gasteiger partial charge in [0, 0.05) is 12.6 Å². The van der Waals surface area contributed by atoms with Gasteiger partial charge < -0.3 is 15.7 Å². The summed E-state index contributed by atoms with van der Waals surface area (Å²) in [7, 11) is 1.60. The first-order valence-corrected chi connectivity index (χ1v) is 5.76. The van der Waals surface area contributed by atoms with Crippen molar-refractivity contribution in [1.29, 1.82) is 0 Å². The first-order chi connectivity index (χ1) is 7.88. The average molecular weight is 277 g/mol. The Hall–Kier alpha value is -0.970. The zero-order valence-corrected chi connectivity index (χ0v) is 11.1. The smallest absolute Gasteiger partial charge is 0.254 e. The zero-order chi connectivity index (χ0) is 13.2. The van der Waals surface area contributed by atoms with Crippen molar-refractivity contribution in [3.8, 4) is 0 Å². The highest BCUT2D eigenvalue weighted by Crippen LogP contribution is 2.29. The van der Waals surface area contributed by atoms with Crippen LogP contribution in [0.15, 0.2) is 12.1 Å². The number of anilines is 1. The maximum absolute atomic E-state index is 12.0. The summed E-state index contributed by atoms with van der Waals surface area (Å²) >= 11 is 11.7. The summed E-state index contributed by atoms with van der Waals surface area (Å²) in [6.07, 6.45) is 0. The van der Waals surface area contributed by atoms with Gasteiger partial charge in [-0.05, 0) is 19.1 Å². The van der Waals surface area contributed by atoms with Crippen molar-refractivity contribution in [3.63, 3.8) is 0 Å². The number of nitrogens with zero attached hydrogens (tertiary/aromatic N) is 1. The van der Waals surface area contributed by atoms with E-state index in [1.807, 2.05) is 0 Å². The lowest BCUT2D eigenvalue weighted by Crippen LogP contribution is -2.37. The van der Waals surface area contributed by atoms with Crippen LogP contribution in [0.3, 0.4) is 0 Å². The van der Waals surface area contributed by atoms with Crippen LogP contribution >= 0.6 is 23.2 Å². The van der Waals surface area contributed by atoms with Crippen molar-refractivity contribution in [2.24, 2.45) is 0 Å². The van der Waals surface area contributed by atoms with Gasteiger partial charge in [0.05, 0.1) is 28.4 Å². The predicted molar refractivity (Wildman–Crippen MR) is 69.5 cm³/mol. The fourth-order valence-corrected chi connectivity index (χ4v) is 1.72. The SMILES string of the molecule is CC(CO)N(C)C(=O)c1cc(Cl)c(N)c(Cl)c1. The van der Waals surface area contributed by atoms with Crippen molar-refractivity contribution >= 4 is 34.8 Å². The molecule has 1 aromatic carbocycles. The molecule has 3 N–H and O–H groups in total. The largest absolute Gasteiger partial charge is 0.396 e. The Kier molecular flexibility index (Phi) is 4.62. The molecule has 0 aliphatic carbocycles. The first kappa shape index (κ1) is 14.1. The van der Waals surface area contributed by atoms with Crippen LogP contribution in [-0.4, -0.2) is 35.6 Å². The number of likely N-dealkylation sites (N-methyl/N-ethyl adjacent to an activating group) is 1. The summed E-state index contributed by atoms with van der Waals surface area (Å²) in [6, 6.07) is 2.65. The molecule has 1 atom stereocenters. The van der Waals surface area contributed by atoms with Gasteiger partial charge in [-0.25, -0.2) is 0 Å². The van der Waals surface area contributed by atoms with Crippen molar-refractivity contribution in [3.05, 3.63) is 27.7 Å². The molecule has 17 heavy (non-hydrogen) atoms. The molecule has 1 aromatic rings. The number of nitrogens with two attached hydrogens (primary N) is 1. The van der Waals surface area contributed by atoms with Gasteiger partial charge in [-0.2, -0.15) is 0 Å². The van der Waals surface area contributed by atoms with Gasteiger partial charge in [-0.1, -0.05) is 23.2 Å². The van der Waals surface area contributed by atoms with E-state index in [0.29, 0.717) is 5.56 Å². The molecule has 0 fully saturated rings. The second-order valence-corrected chi connectivity index (χ2v) is 4.62. The number of aliphatic hydroxyl groups excluding tert-OH is 1. The van der Waals surface area contributed by atoms with Crippen LogP contribution in [0.25, 0.3) is 0 Å². The Morgan fingerprint density at radius 2 is 1.94 bits per heavy atom. The van der Waals surface area contributed by atoms with Crippen LogP contribution in [0.1, 0.15) is 17.3 Å². The Morgan fingerprint density at radius 1 is 1.47 bits per heavy atom. The van der Waals surface area contributed by atoms with Crippen LogP contribution in [0.2, 0.25) is 10.0 Å². The number of hydrogen-bond donors (Lipinski definition) is 2. The average Bonchev–Trinajstić information content (AvgIpc) is 2.32. The molecule has 0 saturated heterocycles. The highest BCUT2D eigenvalue weighted by atomic mass is 35.5. The molecular weight excluding hydrogens is 263 g/mol. The van der Waals surface area contributed by atoms with Gasteiger partial charge >= 0.3 is 0 Å². The van der Waals surface area contributed by atoms with Gasteiger partial charge in [0.25, 0.3) is 5.91 Å². The number of nitrogen functional groups attached to an aromatic ring is 1. The minimum atomic E-state index is -0.280. The number of carbonyl (C=O) groups is 1. The standard InChI is InChI=1S/C11H14Cl2N2O2/c1-6(5-16)15(2)11(17)7-3-8(12)10(14)9(13)4-7/h3-4,6,16H,5,14H2,1-2H3. The molecular formula is C11H14Cl2N2O2. The fourth-order valence-electron chi connectivity index (χ4n) is 1.23. The Morgan fingerprint density at radius 3 is 2.35 bits per heavy atom. The van der Waals surface area contributed by atoms with Crippen molar-refractivity contribution in [2.45, 2.75) is 13.0 Å². The van der Waals surface area contributed by atoms with Crippen LogP contribution in [-0.2, 0) is 0 Å². The molecule has 94 valence electrons. The summed E-state index contributed by atoms with van der Waals surface area (Å²) < 4.78 is 0. The molecule has 0 aliphatic rings. The number of aliphatic hydroxyl groups is 1. The van der Waals surface area contributed by atoms with E-state index in [-0.39, 0.29) is 34.3 Å². The van der Waals surface area contributed by atoms with E-state index >= 15 is 0 Å². The second-order valence-electron chi connectivity index (χ2n) is 3.80. The first-order valence-electron chi connectivity index (χ1n) is 5.01. The summed E-state index contributed by atoms with van der Waals surface area (Å²) in [6.45, 7) is 1.62. The fraction of sp³-hybridized carbons (Fsp3) is 0.364. The minimum Gasteiger partial charge on any atom is -0.396 e. The summed E-state index contributed by atoms with van der Waals surface area (Å²) in [4.78, 5) is 13.4. The highest BCUT2D eigenvalue weighted by molar-refractivity contribution is 6.39. The number of carbonyl (C=O) groups excluding carboxylic acids is 1. The lowest BCUT2D eigenvalue weighted by Gasteiger charge is -2.23. The third-order valence-corrected chi connectivity index (χ3v) is 3.20. The van der Waals surface area contributed by atoms with Crippen molar-refractivity contribution < 1.29 is 9.90 Å². The van der Waals surface area contributed by atoms with Crippen molar-refractivity contribution in [2.75, 3.05) is 19.4 Å². The quantitative estimate of drug-likeness (QED) is 0.831. The monoisotopic (exact) mass is 276 g/mol. The minimum absolute atomic E-state index is 0.112. The molecule has 0 aromatic heterocycles. The normalized spacial score (nSPS) is 12.3. The van der Waals surface area contributed by atoms with Gasteiger partial charge in [0.1, 0.15) is 0 Å². The highest BCUT2D eigenvalue weighted by Gasteiger charge is 2.18. The molecule has 0 bridgehead atoms. The molecule has 1 unspecified atom stereocenters. The number of amides is 1. The molecule has 0 spiro atoms. The molecule has 4 nitrogen and oxygen atoms in total. The maximum Gasteiger partial charge on any atom is 0.254 e. The van der Waals surface area contributed by atoms with Gasteiger partial charge in [-0.3, -0.25) is 4.79 Å². The van der Waals surface area contributed by atoms with Crippen LogP contribution in [0.4, 0.5) is 5.69 Å². The van der Waals surface area contributed by atoms with E-state index in [9.17, 15) is 4.79 Å². The number of hydrogen-bond acceptors (Lipinski definition) is 3. The van der Waals surface area contributed by atoms with E-state index < -0.39 is 0 Å². The Labute approximate surface area is 110 Å². The molecule has 1 amide bonds. The van der Waals surface area contributed by atoms with Gasteiger partial charge in [0.2, 0.25) is 0 Å². The van der Waals surface area contributed by atoms with E-state index in [4.69, 9.17) is 34.0 Å². The van der Waals surface area contributed by atoms with Gasteiger partial charge in [0.15, 0.2) is 0 Å². The predicted octanol–water partition coefficient (Wildman–Crippen LogP) is 2.03. The molecule has 0 aliphatic heterocycles. The molecule has 0 radical (unpaired) electrons. The van der Waals surface area contributed by atoms with Crippen molar-refractivity contribution in [1.82, 2.24) is 4.90 Å². The third-order valence-electron chi connectivity index (χ3n) is 2.57. The number of benzene rings is 1. The second kappa shape index (κ2) is 5.58. The van der Waals surface area contributed by atoms with E-state index in [2.05, 4.69) is 0 Å². The lowest BCUT2D eigenvalue weighted by atomic mass is 10.1. The zero-order valence-electron chi connectivity index (χ0n) is 9.58. The summed E-state index contributed by atoms with van der Waals surface area (Å²) in [5.41, 5.74) is 6.18. The molecule has 0 heterocycles. The molecule has 0 saturated carbocycles. The Balaban J connectivity index is 3.05. The summed E-state index contributed by atoms with van der Waals surface area (Å²) in [5.74, 6) is -0.268. The van der Waals surface area contributed by atoms with E-state index in [1.54, 1.807) is 14.0 Å². The number of halogens is 2. The molecule has 1 rings (SSSR count). The topological polar surface area (TPSA) is 66.6 Å².